The number of methoxy groups -OCH3 is 1. The van der Waals surface area contributed by atoms with Crippen LogP contribution in [-0.4, -0.2) is 43.2 Å². The average molecular weight is 416 g/mol. The number of nitrogens with one attached hydrogen (secondary N) is 1. The van der Waals surface area contributed by atoms with Gasteiger partial charge < -0.3 is 24.4 Å². The van der Waals surface area contributed by atoms with Crippen molar-refractivity contribution in [2.45, 2.75) is 32.7 Å². The number of carbonyl (C=O) groups is 2. The first-order valence-corrected chi connectivity index (χ1v) is 9.67. The molecular weight excluding hydrogens is 391 g/mol. The molecule has 1 N–H and O–H groups in total. The molecule has 1 heterocycles. The van der Waals surface area contributed by atoms with Crippen molar-refractivity contribution in [1.29, 1.82) is 0 Å². The van der Waals surface area contributed by atoms with Crippen molar-refractivity contribution in [1.82, 2.24) is 10.2 Å². The molecule has 0 saturated heterocycles. The summed E-state index contributed by atoms with van der Waals surface area (Å²) >= 11 is 0. The number of rotatable bonds is 6. The quantitative estimate of drug-likeness (QED) is 0.733. The van der Waals surface area contributed by atoms with Gasteiger partial charge in [-0.3, -0.25) is 0 Å². The SMILES string of the molecule is COC(=O)C(C)NC(=O)N1CCOc2ccc(COCc3ccccc3F)cc2C1. The van der Waals surface area contributed by atoms with Crippen LogP contribution in [0.15, 0.2) is 42.5 Å². The zero-order valence-electron chi connectivity index (χ0n) is 17.0. The van der Waals surface area contributed by atoms with Crippen LogP contribution < -0.4 is 10.1 Å². The van der Waals surface area contributed by atoms with Crippen LogP contribution in [0.3, 0.4) is 0 Å². The molecule has 0 radical (unpaired) electrons. The molecule has 2 aromatic rings. The third-order valence-corrected chi connectivity index (χ3v) is 4.77. The number of fused-ring (bicyclic) bond motifs is 1. The van der Waals surface area contributed by atoms with Crippen LogP contribution in [0.5, 0.6) is 5.75 Å². The predicted molar refractivity (Wildman–Crippen MR) is 107 cm³/mol. The summed E-state index contributed by atoms with van der Waals surface area (Å²) in [6.45, 7) is 3.09. The smallest absolute Gasteiger partial charge is 0.328 e. The molecule has 8 heteroatoms. The maximum Gasteiger partial charge on any atom is 0.328 e. The molecule has 0 bridgehead atoms. The molecule has 0 saturated carbocycles. The topological polar surface area (TPSA) is 77.1 Å². The van der Waals surface area contributed by atoms with Crippen LogP contribution >= 0.6 is 0 Å². The van der Waals surface area contributed by atoms with Gasteiger partial charge in [-0.1, -0.05) is 24.3 Å². The molecule has 0 spiro atoms. The van der Waals surface area contributed by atoms with Gasteiger partial charge in [-0.2, -0.15) is 0 Å². The van der Waals surface area contributed by atoms with E-state index in [1.165, 1.54) is 13.2 Å². The summed E-state index contributed by atoms with van der Waals surface area (Å²) in [6, 6.07) is 11.0. The second-order valence-corrected chi connectivity index (χ2v) is 6.99. The van der Waals surface area contributed by atoms with E-state index in [0.717, 1.165) is 11.1 Å². The van der Waals surface area contributed by atoms with Gasteiger partial charge >= 0.3 is 12.0 Å². The van der Waals surface area contributed by atoms with Gasteiger partial charge in [0.15, 0.2) is 0 Å². The molecule has 1 unspecified atom stereocenters. The first-order valence-electron chi connectivity index (χ1n) is 9.67. The van der Waals surface area contributed by atoms with Crippen molar-refractivity contribution < 1.29 is 28.2 Å². The lowest BCUT2D eigenvalue weighted by Gasteiger charge is -2.22. The number of hydrogen-bond donors (Lipinski definition) is 1. The molecule has 2 amide bonds. The van der Waals surface area contributed by atoms with Crippen LogP contribution in [0.4, 0.5) is 9.18 Å². The predicted octanol–water partition coefficient (Wildman–Crippen LogP) is 3.01. The molecule has 1 atom stereocenters. The van der Waals surface area contributed by atoms with E-state index in [9.17, 15) is 14.0 Å². The Kier molecular flexibility index (Phi) is 7.24. The second-order valence-electron chi connectivity index (χ2n) is 6.99. The van der Waals surface area contributed by atoms with Gasteiger partial charge in [0.1, 0.15) is 24.2 Å². The molecule has 160 valence electrons. The van der Waals surface area contributed by atoms with Crippen LogP contribution in [0.25, 0.3) is 0 Å². The molecule has 7 nitrogen and oxygen atoms in total. The first-order chi connectivity index (χ1) is 14.5. The molecule has 1 aliphatic heterocycles. The van der Waals surface area contributed by atoms with E-state index < -0.39 is 12.0 Å². The Labute approximate surface area is 174 Å². The number of carbonyl (C=O) groups excluding carboxylic acids is 2. The molecule has 3 rings (SSSR count). The van der Waals surface area contributed by atoms with Gasteiger partial charge in [-0.25, -0.2) is 14.0 Å². The lowest BCUT2D eigenvalue weighted by Crippen LogP contribution is -2.47. The normalized spacial score (nSPS) is 14.2. The maximum atomic E-state index is 13.7. The number of nitrogens with zero attached hydrogens (tertiary/aromatic N) is 1. The molecule has 0 fully saturated rings. The minimum Gasteiger partial charge on any atom is -0.491 e. The summed E-state index contributed by atoms with van der Waals surface area (Å²) in [5.41, 5.74) is 2.22. The minimum atomic E-state index is -0.746. The van der Waals surface area contributed by atoms with Crippen molar-refractivity contribution in [3.63, 3.8) is 0 Å². The van der Waals surface area contributed by atoms with Gasteiger partial charge in [0.25, 0.3) is 0 Å². The number of urea groups is 1. The Hall–Kier alpha value is -3.13. The number of hydrogen-bond acceptors (Lipinski definition) is 5. The summed E-state index contributed by atoms with van der Waals surface area (Å²) in [5.74, 6) is -0.107. The Bertz CT molecular complexity index is 905. The Morgan fingerprint density at radius 1 is 1.23 bits per heavy atom. The number of esters is 1. The van der Waals surface area contributed by atoms with Crippen molar-refractivity contribution in [3.8, 4) is 5.75 Å². The molecule has 0 aromatic heterocycles. The van der Waals surface area contributed by atoms with E-state index in [1.54, 1.807) is 30.0 Å². The van der Waals surface area contributed by atoms with Crippen molar-refractivity contribution >= 4 is 12.0 Å². The number of benzene rings is 2. The van der Waals surface area contributed by atoms with Crippen molar-refractivity contribution in [2.75, 3.05) is 20.3 Å². The molecular formula is C22H25FN2O5. The highest BCUT2D eigenvalue weighted by atomic mass is 19.1. The van der Waals surface area contributed by atoms with Gasteiger partial charge in [-0.05, 0) is 30.7 Å². The fraction of sp³-hybridized carbons (Fsp3) is 0.364. The lowest BCUT2D eigenvalue weighted by atomic mass is 10.1. The van der Waals surface area contributed by atoms with Crippen LogP contribution in [0.1, 0.15) is 23.6 Å². The van der Waals surface area contributed by atoms with Gasteiger partial charge in [0.2, 0.25) is 0 Å². The summed E-state index contributed by atoms with van der Waals surface area (Å²) in [4.78, 5) is 25.7. The number of amides is 2. The largest absolute Gasteiger partial charge is 0.491 e. The van der Waals surface area contributed by atoms with E-state index in [1.807, 2.05) is 18.2 Å². The zero-order valence-corrected chi connectivity index (χ0v) is 17.0. The molecule has 1 aliphatic rings. The number of ether oxygens (including phenoxy) is 3. The number of halogens is 1. The summed E-state index contributed by atoms with van der Waals surface area (Å²) in [6.07, 6.45) is 0. The molecule has 30 heavy (non-hydrogen) atoms. The Balaban J connectivity index is 1.62. The highest BCUT2D eigenvalue weighted by Gasteiger charge is 2.23. The summed E-state index contributed by atoms with van der Waals surface area (Å²) in [5, 5.41) is 2.63. The summed E-state index contributed by atoms with van der Waals surface area (Å²) < 4.78 is 29.7. The Morgan fingerprint density at radius 2 is 2.03 bits per heavy atom. The van der Waals surface area contributed by atoms with Gasteiger partial charge in [0.05, 0.1) is 33.4 Å². The lowest BCUT2D eigenvalue weighted by molar-refractivity contribution is -0.142. The van der Waals surface area contributed by atoms with Crippen molar-refractivity contribution in [2.24, 2.45) is 0 Å². The van der Waals surface area contributed by atoms with Crippen molar-refractivity contribution in [3.05, 3.63) is 65.0 Å². The second kappa shape index (κ2) is 10.1. The standard InChI is InChI=1S/C22H25FN2O5/c1-15(21(26)28-2)24-22(27)25-9-10-30-20-8-7-16(11-18(20)12-25)13-29-14-17-5-3-4-6-19(17)23/h3-8,11,15H,9-10,12-14H2,1-2H3,(H,24,27). The monoisotopic (exact) mass is 416 g/mol. The highest BCUT2D eigenvalue weighted by molar-refractivity contribution is 5.83. The first kappa shape index (κ1) is 21.6. The average Bonchev–Trinajstić information content (AvgIpc) is 2.96. The zero-order chi connectivity index (χ0) is 21.5. The fourth-order valence-corrected chi connectivity index (χ4v) is 3.12. The highest BCUT2D eigenvalue weighted by Crippen LogP contribution is 2.25. The Morgan fingerprint density at radius 3 is 2.80 bits per heavy atom. The molecule has 0 aliphatic carbocycles. The summed E-state index contributed by atoms with van der Waals surface area (Å²) in [7, 11) is 1.27. The third-order valence-electron chi connectivity index (χ3n) is 4.77. The van der Waals surface area contributed by atoms with Crippen LogP contribution in [0, 0.1) is 5.82 Å². The van der Waals surface area contributed by atoms with E-state index in [-0.39, 0.29) is 18.5 Å². The van der Waals surface area contributed by atoms with E-state index >= 15 is 0 Å². The van der Waals surface area contributed by atoms with Crippen LogP contribution in [-0.2, 0) is 34.0 Å². The minimum absolute atomic E-state index is 0.167. The van der Waals surface area contributed by atoms with Gasteiger partial charge in [0, 0.05) is 11.1 Å². The van der Waals surface area contributed by atoms with E-state index in [4.69, 9.17) is 9.47 Å². The third kappa shape index (κ3) is 5.48. The molecule has 2 aromatic carbocycles. The van der Waals surface area contributed by atoms with E-state index in [2.05, 4.69) is 10.1 Å². The van der Waals surface area contributed by atoms with Crippen LogP contribution in [0.2, 0.25) is 0 Å². The van der Waals surface area contributed by atoms with E-state index in [0.29, 0.717) is 37.6 Å². The maximum absolute atomic E-state index is 13.7. The van der Waals surface area contributed by atoms with Gasteiger partial charge in [-0.15, -0.1) is 0 Å². The fourth-order valence-electron chi connectivity index (χ4n) is 3.12.